The zero-order valence-corrected chi connectivity index (χ0v) is 16.0. The van der Waals surface area contributed by atoms with Gasteiger partial charge in [0, 0.05) is 10.0 Å². The van der Waals surface area contributed by atoms with Crippen LogP contribution in [0, 0.1) is 10.7 Å². The molecule has 0 aliphatic heterocycles. The maximum Gasteiger partial charge on any atom is 0.349 e. The highest BCUT2D eigenvalue weighted by molar-refractivity contribution is 8.08. The van der Waals surface area contributed by atoms with Gasteiger partial charge in [-0.15, -0.1) is 0 Å². The van der Waals surface area contributed by atoms with Crippen LogP contribution in [-0.2, 0) is 13.6 Å². The first-order chi connectivity index (χ1) is 10.2. The Labute approximate surface area is 145 Å². The Kier molecular flexibility index (Phi) is 7.74. The van der Waals surface area contributed by atoms with Crippen molar-refractivity contribution in [2.45, 2.75) is 44.9 Å². The van der Waals surface area contributed by atoms with E-state index in [2.05, 4.69) is 0 Å². The second kappa shape index (κ2) is 8.59. The highest BCUT2D eigenvalue weighted by Gasteiger charge is 2.41. The molecule has 0 saturated heterocycles. The maximum absolute atomic E-state index is 13.3. The lowest BCUT2D eigenvalue weighted by atomic mass is 10.2. The Morgan fingerprint density at radius 3 is 2.14 bits per heavy atom. The third-order valence-electron chi connectivity index (χ3n) is 2.40. The average Bonchev–Trinajstić information content (AvgIpc) is 2.34. The maximum atomic E-state index is 13.3. The van der Waals surface area contributed by atoms with Crippen molar-refractivity contribution in [2.24, 2.45) is 0 Å². The minimum absolute atomic E-state index is 0.320. The van der Waals surface area contributed by atoms with E-state index in [4.69, 9.17) is 37.5 Å². The quantitative estimate of drug-likeness (QED) is 0.412. The third kappa shape index (κ3) is 5.45. The Morgan fingerprint density at radius 1 is 1.18 bits per heavy atom. The van der Waals surface area contributed by atoms with E-state index in [1.807, 2.05) is 5.40 Å². The number of benzene rings is 1. The normalized spacial score (nSPS) is 13.4. The molecule has 0 aliphatic carbocycles. The summed E-state index contributed by atoms with van der Waals surface area (Å²) in [4.78, 5) is -0.841. The second-order valence-electron chi connectivity index (χ2n) is 5.08. The van der Waals surface area contributed by atoms with Gasteiger partial charge in [0.05, 0.1) is 12.2 Å². The van der Waals surface area contributed by atoms with E-state index in [0.29, 0.717) is 15.6 Å². The van der Waals surface area contributed by atoms with Crippen LogP contribution in [0.1, 0.15) is 38.2 Å². The molecular formula is C14H18Cl2NO3PS. The standard InChI is InChI=1S/C14H18Cl2NO3PS/c1-9(2)19-21(18,20-10(3)4)14(22-8-17)12-6-5-11(15)7-13(12)16/h5-7,9-10,14H,1-4H3. The fourth-order valence-electron chi connectivity index (χ4n) is 1.77. The van der Waals surface area contributed by atoms with Gasteiger partial charge in [-0.3, -0.25) is 4.57 Å². The van der Waals surface area contributed by atoms with Gasteiger partial charge in [0.15, 0.2) is 0 Å². The summed E-state index contributed by atoms with van der Waals surface area (Å²) >= 11 is 12.9. The summed E-state index contributed by atoms with van der Waals surface area (Å²) in [5.41, 5.74) is 0.502. The Morgan fingerprint density at radius 2 is 1.73 bits per heavy atom. The van der Waals surface area contributed by atoms with Gasteiger partial charge in [-0.1, -0.05) is 29.3 Å². The number of hydrogen-bond acceptors (Lipinski definition) is 5. The van der Waals surface area contributed by atoms with Gasteiger partial charge in [-0.25, -0.2) is 0 Å². The van der Waals surface area contributed by atoms with Crippen LogP contribution >= 0.6 is 42.6 Å². The fourth-order valence-corrected chi connectivity index (χ4v) is 5.83. The summed E-state index contributed by atoms with van der Waals surface area (Å²) in [7, 11) is -3.61. The molecule has 1 rings (SSSR count). The van der Waals surface area contributed by atoms with Crippen molar-refractivity contribution in [3.63, 3.8) is 0 Å². The van der Waals surface area contributed by atoms with Gasteiger partial charge in [-0.2, -0.15) is 5.26 Å². The number of nitrogens with zero attached hydrogens (tertiary/aromatic N) is 1. The van der Waals surface area contributed by atoms with E-state index in [9.17, 15) is 4.57 Å². The number of thioether (sulfide) groups is 1. The SMILES string of the molecule is CC(C)OP(=O)(OC(C)C)C(SC#N)c1ccc(Cl)cc1Cl. The predicted octanol–water partition coefficient (Wildman–Crippen LogP) is 6.25. The lowest BCUT2D eigenvalue weighted by molar-refractivity contribution is 0.141. The van der Waals surface area contributed by atoms with Crippen LogP contribution in [0.4, 0.5) is 0 Å². The number of hydrogen-bond donors (Lipinski definition) is 0. The Balaban J connectivity index is 3.35. The molecule has 0 fully saturated rings. The Bertz CT molecular complexity index is 590. The smallest absolute Gasteiger partial charge is 0.305 e. The van der Waals surface area contributed by atoms with E-state index in [0.717, 1.165) is 11.8 Å². The summed E-state index contributed by atoms with van der Waals surface area (Å²) in [5.74, 6) is 0. The fraction of sp³-hybridized carbons (Fsp3) is 0.500. The van der Waals surface area contributed by atoms with Gasteiger partial charge >= 0.3 is 7.60 Å². The zero-order valence-electron chi connectivity index (χ0n) is 12.7. The number of nitriles is 1. The van der Waals surface area contributed by atoms with E-state index < -0.39 is 12.6 Å². The van der Waals surface area contributed by atoms with E-state index in [-0.39, 0.29) is 12.2 Å². The molecule has 122 valence electrons. The number of thiocyanates is 1. The predicted molar refractivity (Wildman–Crippen MR) is 92.5 cm³/mol. The van der Waals surface area contributed by atoms with Crippen molar-refractivity contribution in [3.05, 3.63) is 33.8 Å². The molecule has 0 heterocycles. The van der Waals surface area contributed by atoms with Crippen LogP contribution in [0.15, 0.2) is 18.2 Å². The van der Waals surface area contributed by atoms with Crippen LogP contribution in [0.5, 0.6) is 0 Å². The molecule has 0 saturated carbocycles. The molecule has 0 spiro atoms. The molecule has 1 atom stereocenters. The van der Waals surface area contributed by atoms with E-state index in [1.54, 1.807) is 45.9 Å². The minimum Gasteiger partial charge on any atom is -0.305 e. The van der Waals surface area contributed by atoms with Crippen molar-refractivity contribution in [1.82, 2.24) is 0 Å². The largest absolute Gasteiger partial charge is 0.349 e. The van der Waals surface area contributed by atoms with E-state index in [1.165, 1.54) is 0 Å². The molecule has 1 aromatic carbocycles. The van der Waals surface area contributed by atoms with Crippen LogP contribution in [0.2, 0.25) is 10.0 Å². The van der Waals surface area contributed by atoms with Crippen LogP contribution in [-0.4, -0.2) is 12.2 Å². The molecule has 0 aromatic heterocycles. The van der Waals surface area contributed by atoms with Crippen LogP contribution in [0.25, 0.3) is 0 Å². The van der Waals surface area contributed by atoms with E-state index >= 15 is 0 Å². The first-order valence-electron chi connectivity index (χ1n) is 6.65. The molecular weight excluding hydrogens is 364 g/mol. The van der Waals surface area contributed by atoms with Crippen molar-refractivity contribution >= 4 is 42.6 Å². The van der Waals surface area contributed by atoms with Crippen molar-refractivity contribution in [3.8, 4) is 5.40 Å². The average molecular weight is 382 g/mol. The molecule has 0 N–H and O–H groups in total. The van der Waals surface area contributed by atoms with Crippen molar-refractivity contribution in [2.75, 3.05) is 0 Å². The number of rotatable bonds is 7. The molecule has 4 nitrogen and oxygen atoms in total. The zero-order chi connectivity index (χ0) is 16.9. The topological polar surface area (TPSA) is 59.3 Å². The molecule has 0 bridgehead atoms. The molecule has 0 radical (unpaired) electrons. The summed E-state index contributed by atoms with van der Waals surface area (Å²) in [6.45, 7) is 7.03. The Hall–Kier alpha value is -0.210. The summed E-state index contributed by atoms with van der Waals surface area (Å²) in [6.07, 6.45) is -0.644. The first-order valence-corrected chi connectivity index (χ1v) is 9.90. The highest BCUT2D eigenvalue weighted by atomic mass is 35.5. The molecule has 0 amide bonds. The van der Waals surface area contributed by atoms with Crippen LogP contribution < -0.4 is 0 Å². The monoisotopic (exact) mass is 381 g/mol. The molecule has 22 heavy (non-hydrogen) atoms. The van der Waals surface area contributed by atoms with Gasteiger partial charge in [0.25, 0.3) is 0 Å². The molecule has 1 unspecified atom stereocenters. The lowest BCUT2D eigenvalue weighted by Crippen LogP contribution is -2.12. The molecule has 0 aliphatic rings. The van der Waals surface area contributed by atoms with Gasteiger partial charge < -0.3 is 9.05 Å². The van der Waals surface area contributed by atoms with Crippen molar-refractivity contribution in [1.29, 1.82) is 5.26 Å². The molecule has 1 aromatic rings. The minimum atomic E-state index is -3.61. The number of halogens is 2. The third-order valence-corrected chi connectivity index (χ3v) is 6.92. The lowest BCUT2D eigenvalue weighted by Gasteiger charge is -2.28. The van der Waals surface area contributed by atoms with Gasteiger partial charge in [-0.05, 0) is 57.2 Å². The second-order valence-corrected chi connectivity index (χ2v) is 9.18. The molecule has 8 heteroatoms. The first kappa shape index (κ1) is 19.8. The van der Waals surface area contributed by atoms with Gasteiger partial charge in [0.2, 0.25) is 0 Å². The van der Waals surface area contributed by atoms with Gasteiger partial charge in [0.1, 0.15) is 10.4 Å². The highest BCUT2D eigenvalue weighted by Crippen LogP contribution is 2.67. The summed E-state index contributed by atoms with van der Waals surface area (Å²) in [6, 6.07) is 4.81. The van der Waals surface area contributed by atoms with Crippen molar-refractivity contribution < 1.29 is 13.6 Å². The summed E-state index contributed by atoms with van der Waals surface area (Å²) in [5, 5.41) is 11.8. The van der Waals surface area contributed by atoms with Crippen LogP contribution in [0.3, 0.4) is 0 Å². The summed E-state index contributed by atoms with van der Waals surface area (Å²) < 4.78 is 24.4.